The molecule has 0 fully saturated rings. The molecule has 0 saturated heterocycles. The zero-order chi connectivity index (χ0) is 24.3. The van der Waals surface area contributed by atoms with Crippen LogP contribution in [0.25, 0.3) is 0 Å². The maximum absolute atomic E-state index is 12.7. The zero-order valence-electron chi connectivity index (χ0n) is 19.2. The van der Waals surface area contributed by atoms with E-state index in [2.05, 4.69) is 16.0 Å². The Morgan fingerprint density at radius 1 is 0.735 bits per heavy atom. The molecule has 0 bridgehead atoms. The number of anilines is 3. The predicted octanol–water partition coefficient (Wildman–Crippen LogP) is 3.85. The van der Waals surface area contributed by atoms with Gasteiger partial charge in [-0.2, -0.15) is 0 Å². The first-order chi connectivity index (χ1) is 16.5. The molecule has 3 rings (SSSR count). The van der Waals surface area contributed by atoms with Gasteiger partial charge in [-0.25, -0.2) is 0 Å². The van der Waals surface area contributed by atoms with Crippen molar-refractivity contribution in [1.82, 2.24) is 4.90 Å². The van der Waals surface area contributed by atoms with E-state index in [0.29, 0.717) is 34.9 Å². The SMILES string of the molecule is CCN(CC(=O)Nc1ccc(OC)cc1)CC(=O)Nc1ccccc1C(=O)Nc1ccccc1. The van der Waals surface area contributed by atoms with Crippen molar-refractivity contribution in [2.45, 2.75) is 6.92 Å². The van der Waals surface area contributed by atoms with Crippen LogP contribution in [0.5, 0.6) is 5.75 Å². The highest BCUT2D eigenvalue weighted by molar-refractivity contribution is 6.10. The van der Waals surface area contributed by atoms with Gasteiger partial charge in [0.25, 0.3) is 5.91 Å². The number of carbonyl (C=O) groups excluding carboxylic acids is 3. The van der Waals surface area contributed by atoms with Crippen LogP contribution in [0.15, 0.2) is 78.9 Å². The highest BCUT2D eigenvalue weighted by Crippen LogP contribution is 2.18. The molecule has 0 aliphatic heterocycles. The highest BCUT2D eigenvalue weighted by Gasteiger charge is 2.17. The predicted molar refractivity (Wildman–Crippen MR) is 133 cm³/mol. The standard InChI is InChI=1S/C26H28N4O4/c1-3-30(17-24(31)27-20-13-15-21(34-2)16-14-20)18-25(32)29-23-12-8-7-11-22(23)26(33)28-19-9-5-4-6-10-19/h4-16H,3,17-18H2,1-2H3,(H,27,31)(H,28,33)(H,29,32). The van der Waals surface area contributed by atoms with E-state index in [-0.39, 0.29) is 30.8 Å². The molecule has 0 spiro atoms. The summed E-state index contributed by atoms with van der Waals surface area (Å²) in [6.07, 6.45) is 0. The van der Waals surface area contributed by atoms with E-state index in [1.807, 2.05) is 25.1 Å². The Morgan fingerprint density at radius 3 is 1.97 bits per heavy atom. The van der Waals surface area contributed by atoms with Gasteiger partial charge in [0.05, 0.1) is 31.5 Å². The van der Waals surface area contributed by atoms with Crippen LogP contribution in [0.4, 0.5) is 17.1 Å². The minimum Gasteiger partial charge on any atom is -0.497 e. The number of para-hydroxylation sites is 2. The Morgan fingerprint density at radius 2 is 1.32 bits per heavy atom. The van der Waals surface area contributed by atoms with Crippen LogP contribution >= 0.6 is 0 Å². The molecular formula is C26H28N4O4. The number of amides is 3. The minimum atomic E-state index is -0.326. The first-order valence-corrected chi connectivity index (χ1v) is 10.9. The summed E-state index contributed by atoms with van der Waals surface area (Å²) in [5.41, 5.74) is 2.05. The highest BCUT2D eigenvalue weighted by atomic mass is 16.5. The Labute approximate surface area is 198 Å². The average molecular weight is 461 g/mol. The van der Waals surface area contributed by atoms with Gasteiger partial charge in [0, 0.05) is 11.4 Å². The maximum Gasteiger partial charge on any atom is 0.257 e. The van der Waals surface area contributed by atoms with E-state index >= 15 is 0 Å². The number of likely N-dealkylation sites (N-methyl/N-ethyl adjacent to an activating group) is 1. The van der Waals surface area contributed by atoms with Crippen molar-refractivity contribution in [3.05, 3.63) is 84.4 Å². The average Bonchev–Trinajstić information content (AvgIpc) is 2.85. The lowest BCUT2D eigenvalue weighted by molar-refractivity contribution is -0.119. The first-order valence-electron chi connectivity index (χ1n) is 10.9. The summed E-state index contributed by atoms with van der Waals surface area (Å²) in [5, 5.41) is 8.42. The Kier molecular flexibility index (Phi) is 8.76. The topological polar surface area (TPSA) is 99.8 Å². The monoisotopic (exact) mass is 460 g/mol. The lowest BCUT2D eigenvalue weighted by atomic mass is 10.1. The normalized spacial score (nSPS) is 10.4. The minimum absolute atomic E-state index is 0.00116. The Balaban J connectivity index is 1.57. The fourth-order valence-electron chi connectivity index (χ4n) is 3.26. The number of nitrogens with zero attached hydrogens (tertiary/aromatic N) is 1. The lowest BCUT2D eigenvalue weighted by Gasteiger charge is -2.20. The van der Waals surface area contributed by atoms with Gasteiger partial charge in [0.15, 0.2) is 0 Å². The van der Waals surface area contributed by atoms with Crippen molar-refractivity contribution in [2.75, 3.05) is 42.7 Å². The second-order valence-electron chi connectivity index (χ2n) is 7.49. The molecule has 8 heteroatoms. The van der Waals surface area contributed by atoms with Crippen LogP contribution < -0.4 is 20.7 Å². The van der Waals surface area contributed by atoms with Crippen molar-refractivity contribution >= 4 is 34.8 Å². The van der Waals surface area contributed by atoms with Gasteiger partial charge in [-0.1, -0.05) is 37.3 Å². The molecule has 3 N–H and O–H groups in total. The summed E-state index contributed by atoms with van der Waals surface area (Å²) in [4.78, 5) is 39.5. The quantitative estimate of drug-likeness (QED) is 0.427. The molecule has 3 aromatic carbocycles. The smallest absolute Gasteiger partial charge is 0.257 e. The number of ether oxygens (including phenoxy) is 1. The summed E-state index contributed by atoms with van der Waals surface area (Å²) in [5.74, 6) is -0.183. The van der Waals surface area contributed by atoms with E-state index < -0.39 is 0 Å². The number of hydrogen-bond acceptors (Lipinski definition) is 5. The van der Waals surface area contributed by atoms with Gasteiger partial charge in [-0.3, -0.25) is 19.3 Å². The third-order valence-corrected chi connectivity index (χ3v) is 5.03. The second-order valence-corrected chi connectivity index (χ2v) is 7.49. The molecule has 3 amide bonds. The van der Waals surface area contributed by atoms with E-state index in [1.54, 1.807) is 72.7 Å². The van der Waals surface area contributed by atoms with Gasteiger partial charge in [-0.05, 0) is 55.1 Å². The largest absolute Gasteiger partial charge is 0.497 e. The molecule has 8 nitrogen and oxygen atoms in total. The van der Waals surface area contributed by atoms with Crippen molar-refractivity contribution in [2.24, 2.45) is 0 Å². The van der Waals surface area contributed by atoms with Gasteiger partial charge >= 0.3 is 0 Å². The fraction of sp³-hybridized carbons (Fsp3) is 0.192. The summed E-state index contributed by atoms with van der Waals surface area (Å²) in [6.45, 7) is 2.42. The Bertz CT molecular complexity index is 1120. The van der Waals surface area contributed by atoms with E-state index in [4.69, 9.17) is 4.74 Å². The molecule has 0 aliphatic carbocycles. The summed E-state index contributed by atoms with van der Waals surface area (Å²) >= 11 is 0. The molecule has 0 unspecified atom stereocenters. The zero-order valence-corrected chi connectivity index (χ0v) is 19.2. The van der Waals surface area contributed by atoms with Gasteiger partial charge < -0.3 is 20.7 Å². The summed E-state index contributed by atoms with van der Waals surface area (Å²) in [7, 11) is 1.58. The third-order valence-electron chi connectivity index (χ3n) is 5.03. The number of nitrogens with one attached hydrogen (secondary N) is 3. The van der Waals surface area contributed by atoms with Crippen molar-refractivity contribution in [1.29, 1.82) is 0 Å². The lowest BCUT2D eigenvalue weighted by Crippen LogP contribution is -2.38. The summed E-state index contributed by atoms with van der Waals surface area (Å²) < 4.78 is 5.11. The molecule has 3 aromatic rings. The van der Waals surface area contributed by atoms with Crippen LogP contribution in [-0.4, -0.2) is 49.4 Å². The van der Waals surface area contributed by atoms with Gasteiger partial charge in [0.1, 0.15) is 5.75 Å². The maximum atomic E-state index is 12.7. The molecule has 0 radical (unpaired) electrons. The van der Waals surface area contributed by atoms with E-state index in [1.165, 1.54) is 0 Å². The molecule has 0 heterocycles. The molecule has 0 saturated carbocycles. The number of hydrogen-bond donors (Lipinski definition) is 3. The molecule has 34 heavy (non-hydrogen) atoms. The Hall–Kier alpha value is -4.17. The molecule has 0 atom stereocenters. The number of carbonyl (C=O) groups is 3. The fourth-order valence-corrected chi connectivity index (χ4v) is 3.26. The number of benzene rings is 3. The second kappa shape index (κ2) is 12.2. The van der Waals surface area contributed by atoms with Crippen molar-refractivity contribution in [3.8, 4) is 5.75 Å². The third kappa shape index (κ3) is 7.18. The van der Waals surface area contributed by atoms with Crippen LogP contribution in [0, 0.1) is 0 Å². The number of rotatable bonds is 10. The van der Waals surface area contributed by atoms with Crippen LogP contribution in [0.3, 0.4) is 0 Å². The van der Waals surface area contributed by atoms with Gasteiger partial charge in [0.2, 0.25) is 11.8 Å². The molecule has 0 aromatic heterocycles. The molecule has 0 aliphatic rings. The van der Waals surface area contributed by atoms with Crippen LogP contribution in [0.1, 0.15) is 17.3 Å². The van der Waals surface area contributed by atoms with Crippen LogP contribution in [-0.2, 0) is 9.59 Å². The molecular weight excluding hydrogens is 432 g/mol. The van der Waals surface area contributed by atoms with Crippen molar-refractivity contribution in [3.63, 3.8) is 0 Å². The van der Waals surface area contributed by atoms with Gasteiger partial charge in [-0.15, -0.1) is 0 Å². The summed E-state index contributed by atoms with van der Waals surface area (Å²) in [6, 6.07) is 22.9. The van der Waals surface area contributed by atoms with Crippen LogP contribution in [0.2, 0.25) is 0 Å². The first kappa shape index (κ1) is 24.5. The molecule has 176 valence electrons. The van der Waals surface area contributed by atoms with E-state index in [9.17, 15) is 14.4 Å². The van der Waals surface area contributed by atoms with Crippen molar-refractivity contribution < 1.29 is 19.1 Å². The number of methoxy groups -OCH3 is 1. The van der Waals surface area contributed by atoms with E-state index in [0.717, 1.165) is 0 Å².